The summed E-state index contributed by atoms with van der Waals surface area (Å²) in [5.41, 5.74) is 9.22. The van der Waals surface area contributed by atoms with Crippen LogP contribution >= 0.6 is 0 Å². The number of hydrogen-bond donors (Lipinski definition) is 2. The number of nitrogens with two attached hydrogens (primary N) is 1. The van der Waals surface area contributed by atoms with Crippen LogP contribution in [0.5, 0.6) is 5.75 Å². The third-order valence-electron chi connectivity index (χ3n) is 4.47. The first-order valence-corrected chi connectivity index (χ1v) is 7.84. The molecule has 0 atom stereocenters. The summed E-state index contributed by atoms with van der Waals surface area (Å²) >= 11 is 0. The molecule has 3 rings (SSSR count). The Hall–Kier alpha value is -1.55. The summed E-state index contributed by atoms with van der Waals surface area (Å²) in [4.78, 5) is 0. The van der Waals surface area contributed by atoms with Crippen molar-refractivity contribution >= 4 is 5.57 Å². The molecule has 0 amide bonds. The summed E-state index contributed by atoms with van der Waals surface area (Å²) in [5.74, 6) is 0.123. The van der Waals surface area contributed by atoms with E-state index in [1.165, 1.54) is 5.57 Å². The molecule has 1 aliphatic carbocycles. The van der Waals surface area contributed by atoms with Crippen LogP contribution in [0.3, 0.4) is 0 Å². The fourth-order valence-electron chi connectivity index (χ4n) is 3.17. The normalized spacial score (nSPS) is 24.8. The zero-order valence-corrected chi connectivity index (χ0v) is 12.5. The smallest absolute Gasteiger partial charge is 0.165 e. The van der Waals surface area contributed by atoms with Gasteiger partial charge in [0.1, 0.15) is 0 Å². The number of hydrogen-bond acceptors (Lipinski definition) is 3. The molecular formula is C17H23FN2O. The second-order valence-electron chi connectivity index (χ2n) is 6.00. The van der Waals surface area contributed by atoms with Crippen molar-refractivity contribution in [3.05, 3.63) is 35.3 Å². The lowest BCUT2D eigenvalue weighted by molar-refractivity contribution is 0.141. The Morgan fingerprint density at radius 1 is 1.29 bits per heavy atom. The van der Waals surface area contributed by atoms with Crippen molar-refractivity contribution in [3.8, 4) is 5.75 Å². The lowest BCUT2D eigenvalue weighted by atomic mass is 9.93. The molecule has 0 spiro atoms. The fraction of sp³-hybridized carbons (Fsp3) is 0.529. The average Bonchev–Trinajstić information content (AvgIpc) is 2.49. The van der Waals surface area contributed by atoms with E-state index in [0.717, 1.165) is 43.2 Å². The molecule has 114 valence electrons. The van der Waals surface area contributed by atoms with Crippen LogP contribution in [-0.2, 0) is 6.54 Å². The molecule has 0 bridgehead atoms. The lowest BCUT2D eigenvalue weighted by Gasteiger charge is -2.28. The van der Waals surface area contributed by atoms with E-state index in [2.05, 4.69) is 12.2 Å². The van der Waals surface area contributed by atoms with E-state index < -0.39 is 0 Å². The van der Waals surface area contributed by atoms with Gasteiger partial charge in [-0.1, -0.05) is 6.92 Å². The molecule has 3 N–H and O–H groups in total. The summed E-state index contributed by atoms with van der Waals surface area (Å²) in [6.07, 6.45) is 6.77. The third-order valence-corrected chi connectivity index (χ3v) is 4.47. The monoisotopic (exact) mass is 290 g/mol. The molecule has 0 unspecified atom stereocenters. The minimum atomic E-state index is -0.261. The second-order valence-corrected chi connectivity index (χ2v) is 6.00. The quantitative estimate of drug-likeness (QED) is 0.897. The number of benzene rings is 1. The summed E-state index contributed by atoms with van der Waals surface area (Å²) in [7, 11) is 0. The average molecular weight is 290 g/mol. The zero-order chi connectivity index (χ0) is 14.8. The van der Waals surface area contributed by atoms with E-state index in [9.17, 15) is 4.39 Å². The molecule has 0 saturated heterocycles. The maximum absolute atomic E-state index is 14.2. The zero-order valence-electron chi connectivity index (χ0n) is 12.5. The van der Waals surface area contributed by atoms with Gasteiger partial charge in [0.2, 0.25) is 0 Å². The van der Waals surface area contributed by atoms with Crippen LogP contribution in [0, 0.1) is 5.82 Å². The van der Waals surface area contributed by atoms with Crippen LogP contribution in [-0.4, -0.2) is 12.1 Å². The predicted molar refractivity (Wildman–Crippen MR) is 82.4 cm³/mol. The highest BCUT2D eigenvalue weighted by atomic mass is 19.1. The summed E-state index contributed by atoms with van der Waals surface area (Å²) in [6, 6.07) is 3.75. The van der Waals surface area contributed by atoms with E-state index in [1.54, 1.807) is 6.07 Å². The summed E-state index contributed by atoms with van der Waals surface area (Å²) in [5, 5.41) is 3.19. The first kappa shape index (κ1) is 14.4. The van der Waals surface area contributed by atoms with Gasteiger partial charge >= 0.3 is 0 Å². The Bertz CT molecular complexity index is 548. The highest BCUT2D eigenvalue weighted by molar-refractivity contribution is 5.70. The molecular weight excluding hydrogens is 267 g/mol. The largest absolute Gasteiger partial charge is 0.487 e. The molecule has 1 saturated carbocycles. The van der Waals surface area contributed by atoms with Gasteiger partial charge in [0.15, 0.2) is 11.6 Å². The van der Waals surface area contributed by atoms with Gasteiger partial charge in [0, 0.05) is 18.8 Å². The molecule has 1 aromatic rings. The van der Waals surface area contributed by atoms with E-state index in [1.807, 2.05) is 12.3 Å². The molecule has 1 aliphatic heterocycles. The molecule has 4 heteroatoms. The van der Waals surface area contributed by atoms with E-state index >= 15 is 0 Å². The fourth-order valence-corrected chi connectivity index (χ4v) is 3.17. The lowest BCUT2D eigenvalue weighted by Crippen LogP contribution is -2.31. The Morgan fingerprint density at radius 2 is 2.05 bits per heavy atom. The van der Waals surface area contributed by atoms with Crippen molar-refractivity contribution in [1.82, 2.24) is 5.32 Å². The van der Waals surface area contributed by atoms with Crippen molar-refractivity contribution in [3.63, 3.8) is 0 Å². The highest BCUT2D eigenvalue weighted by Crippen LogP contribution is 2.32. The summed E-state index contributed by atoms with van der Waals surface area (Å²) < 4.78 is 20.2. The minimum absolute atomic E-state index is 0.0909. The number of fused-ring (bicyclic) bond motifs is 1. The molecule has 21 heavy (non-hydrogen) atoms. The molecule has 1 aromatic carbocycles. The molecule has 2 aliphatic rings. The Labute approximate surface area is 125 Å². The molecule has 3 nitrogen and oxygen atoms in total. The van der Waals surface area contributed by atoms with Gasteiger partial charge in [-0.2, -0.15) is 0 Å². The number of halogens is 1. The van der Waals surface area contributed by atoms with Crippen LogP contribution in [0.2, 0.25) is 0 Å². The van der Waals surface area contributed by atoms with Gasteiger partial charge in [-0.3, -0.25) is 0 Å². The van der Waals surface area contributed by atoms with Crippen molar-refractivity contribution in [2.75, 3.05) is 0 Å². The number of rotatable bonds is 3. The molecule has 0 radical (unpaired) electrons. The second kappa shape index (κ2) is 6.06. The topological polar surface area (TPSA) is 47.3 Å². The molecule has 1 heterocycles. The number of nitrogens with one attached hydrogen (secondary N) is 1. The van der Waals surface area contributed by atoms with Gasteiger partial charge in [-0.25, -0.2) is 4.39 Å². The van der Waals surface area contributed by atoms with Crippen molar-refractivity contribution < 1.29 is 9.13 Å². The van der Waals surface area contributed by atoms with E-state index in [0.29, 0.717) is 12.3 Å². The molecule has 1 fully saturated rings. The van der Waals surface area contributed by atoms with Crippen LogP contribution in [0.15, 0.2) is 18.3 Å². The number of ether oxygens (including phenoxy) is 1. The van der Waals surface area contributed by atoms with Gasteiger partial charge in [0.25, 0.3) is 0 Å². The predicted octanol–water partition coefficient (Wildman–Crippen LogP) is 3.33. The van der Waals surface area contributed by atoms with Crippen LogP contribution in [0.1, 0.15) is 50.2 Å². The van der Waals surface area contributed by atoms with Crippen LogP contribution in [0.25, 0.3) is 5.57 Å². The molecule has 0 aromatic heterocycles. The maximum Gasteiger partial charge on any atom is 0.165 e. The van der Waals surface area contributed by atoms with Gasteiger partial charge < -0.3 is 15.8 Å². The van der Waals surface area contributed by atoms with Crippen LogP contribution in [0.4, 0.5) is 4.39 Å². The van der Waals surface area contributed by atoms with Crippen molar-refractivity contribution in [2.45, 2.75) is 57.7 Å². The van der Waals surface area contributed by atoms with Crippen LogP contribution < -0.4 is 15.8 Å². The Kier molecular flexibility index (Phi) is 4.15. The van der Waals surface area contributed by atoms with Crippen molar-refractivity contribution in [1.29, 1.82) is 0 Å². The van der Waals surface area contributed by atoms with Crippen molar-refractivity contribution in [2.24, 2.45) is 5.73 Å². The first-order chi connectivity index (χ1) is 10.2. The number of allylic oxidation sites excluding steroid dienone is 1. The minimum Gasteiger partial charge on any atom is -0.487 e. The van der Waals surface area contributed by atoms with Gasteiger partial charge in [-0.05, 0) is 60.9 Å². The van der Waals surface area contributed by atoms with E-state index in [-0.39, 0.29) is 18.0 Å². The van der Waals surface area contributed by atoms with Gasteiger partial charge in [0.05, 0.1) is 6.10 Å². The standard InChI is InChI=1S/C17H23FN2O/c1-2-11-9-20-10-12-7-16(18)17(8-15(11)12)21-14-5-3-13(19)4-6-14/h7-9,13-14,20H,2-6,10,19H2,1H3. The SMILES string of the molecule is CCC1=CNCc2cc(F)c(OC3CCC(N)CC3)cc21. The first-order valence-electron chi connectivity index (χ1n) is 7.84. The van der Waals surface area contributed by atoms with Gasteiger partial charge in [-0.15, -0.1) is 0 Å². The highest BCUT2D eigenvalue weighted by Gasteiger charge is 2.22. The maximum atomic E-state index is 14.2. The Morgan fingerprint density at radius 3 is 2.76 bits per heavy atom. The summed E-state index contributed by atoms with van der Waals surface area (Å²) in [6.45, 7) is 2.78. The Balaban J connectivity index is 1.81. The third kappa shape index (κ3) is 3.05. The van der Waals surface area contributed by atoms with E-state index in [4.69, 9.17) is 10.5 Å².